The molecule has 2 aromatic carbocycles. The summed E-state index contributed by atoms with van der Waals surface area (Å²) in [5, 5.41) is 2.67. The molecule has 9 heteroatoms. The van der Waals surface area contributed by atoms with Gasteiger partial charge in [0.2, 0.25) is 0 Å². The van der Waals surface area contributed by atoms with Crippen LogP contribution >= 0.6 is 0 Å². The lowest BCUT2D eigenvalue weighted by molar-refractivity contribution is -0.124. The number of benzene rings is 2. The van der Waals surface area contributed by atoms with E-state index in [1.165, 1.54) is 24.3 Å². The summed E-state index contributed by atoms with van der Waals surface area (Å²) in [5.74, 6) is -1.82. The summed E-state index contributed by atoms with van der Waals surface area (Å²) in [6.07, 6.45) is 1.07. The molecule has 0 saturated heterocycles. The third-order valence-corrected chi connectivity index (χ3v) is 5.52. The third kappa shape index (κ3) is 6.15. The highest BCUT2D eigenvalue weighted by atomic mass is 32.2. The van der Waals surface area contributed by atoms with Crippen LogP contribution in [0.25, 0.3) is 0 Å². The van der Waals surface area contributed by atoms with Crippen molar-refractivity contribution in [3.63, 3.8) is 0 Å². The van der Waals surface area contributed by atoms with E-state index < -0.39 is 33.6 Å². The standard InChI is InChI=1S/C21H25N3O5S/c1-13(2)18(22-19(25)15-7-5-14(3)6-8-15)21(27)24-23-20(26)16-9-11-17(12-10-16)30(4,28)29/h5-13,18H,1-4H3,(H,22,25)(H,23,26)(H,24,27). The first-order chi connectivity index (χ1) is 14.0. The lowest BCUT2D eigenvalue weighted by Crippen LogP contribution is -2.54. The monoisotopic (exact) mass is 431 g/mol. The van der Waals surface area contributed by atoms with Gasteiger partial charge in [-0.25, -0.2) is 8.42 Å². The quantitative estimate of drug-likeness (QED) is 0.600. The van der Waals surface area contributed by atoms with E-state index in [2.05, 4.69) is 16.2 Å². The first-order valence-corrected chi connectivity index (χ1v) is 11.2. The second-order valence-corrected chi connectivity index (χ2v) is 9.32. The van der Waals surface area contributed by atoms with E-state index in [1.54, 1.807) is 38.1 Å². The molecule has 8 nitrogen and oxygen atoms in total. The van der Waals surface area contributed by atoms with Crippen LogP contribution in [0.3, 0.4) is 0 Å². The lowest BCUT2D eigenvalue weighted by atomic mass is 10.0. The summed E-state index contributed by atoms with van der Waals surface area (Å²) >= 11 is 0. The average molecular weight is 432 g/mol. The van der Waals surface area contributed by atoms with Gasteiger partial charge in [0.25, 0.3) is 17.7 Å². The first kappa shape index (κ1) is 23.1. The van der Waals surface area contributed by atoms with E-state index in [9.17, 15) is 22.8 Å². The number of carbonyl (C=O) groups is 3. The minimum absolute atomic E-state index is 0.0850. The molecule has 0 heterocycles. The predicted molar refractivity (Wildman–Crippen MR) is 112 cm³/mol. The van der Waals surface area contributed by atoms with E-state index in [0.29, 0.717) is 5.56 Å². The maximum atomic E-state index is 12.5. The fourth-order valence-corrected chi connectivity index (χ4v) is 3.22. The number of hydrazine groups is 1. The fraction of sp³-hybridized carbons (Fsp3) is 0.286. The van der Waals surface area contributed by atoms with Gasteiger partial charge in [-0.15, -0.1) is 0 Å². The predicted octanol–water partition coefficient (Wildman–Crippen LogP) is 1.61. The molecular formula is C21H25N3O5S. The Morgan fingerprint density at radius 2 is 1.30 bits per heavy atom. The number of nitrogens with one attached hydrogen (secondary N) is 3. The Hall–Kier alpha value is -3.20. The van der Waals surface area contributed by atoms with E-state index >= 15 is 0 Å². The van der Waals surface area contributed by atoms with Crippen molar-refractivity contribution >= 4 is 27.6 Å². The summed E-state index contributed by atoms with van der Waals surface area (Å²) in [4.78, 5) is 37.2. The molecule has 30 heavy (non-hydrogen) atoms. The molecule has 2 rings (SSSR count). The Kier molecular flexibility index (Phi) is 7.33. The molecule has 0 saturated carbocycles. The van der Waals surface area contributed by atoms with Gasteiger partial charge in [-0.1, -0.05) is 31.5 Å². The molecule has 3 amide bonds. The highest BCUT2D eigenvalue weighted by Gasteiger charge is 2.25. The molecule has 2 aromatic rings. The normalized spacial score (nSPS) is 12.2. The summed E-state index contributed by atoms with van der Waals surface area (Å²) in [7, 11) is -3.37. The van der Waals surface area contributed by atoms with Crippen molar-refractivity contribution in [3.05, 3.63) is 65.2 Å². The van der Waals surface area contributed by atoms with Crippen molar-refractivity contribution in [2.45, 2.75) is 31.7 Å². The van der Waals surface area contributed by atoms with Crippen molar-refractivity contribution < 1.29 is 22.8 Å². The van der Waals surface area contributed by atoms with Gasteiger partial charge < -0.3 is 5.32 Å². The zero-order valence-electron chi connectivity index (χ0n) is 17.2. The third-order valence-electron chi connectivity index (χ3n) is 4.39. The van der Waals surface area contributed by atoms with Gasteiger partial charge in [0.05, 0.1) is 4.90 Å². The Morgan fingerprint density at radius 3 is 1.80 bits per heavy atom. The van der Waals surface area contributed by atoms with Crippen molar-refractivity contribution in [3.8, 4) is 0 Å². The van der Waals surface area contributed by atoms with Crippen LogP contribution in [0, 0.1) is 12.8 Å². The van der Waals surface area contributed by atoms with Crippen LogP contribution in [-0.2, 0) is 14.6 Å². The van der Waals surface area contributed by atoms with Crippen molar-refractivity contribution in [2.75, 3.05) is 6.26 Å². The zero-order chi connectivity index (χ0) is 22.5. The number of amides is 3. The molecule has 1 unspecified atom stereocenters. The highest BCUT2D eigenvalue weighted by Crippen LogP contribution is 2.10. The molecule has 1 atom stereocenters. The lowest BCUT2D eigenvalue weighted by Gasteiger charge is -2.22. The summed E-state index contributed by atoms with van der Waals surface area (Å²) < 4.78 is 23.0. The zero-order valence-corrected chi connectivity index (χ0v) is 18.0. The first-order valence-electron chi connectivity index (χ1n) is 9.27. The van der Waals surface area contributed by atoms with Crippen LogP contribution in [0.1, 0.15) is 40.1 Å². The Balaban J connectivity index is 2.00. The Labute approximate surface area is 176 Å². The van der Waals surface area contributed by atoms with Gasteiger partial charge in [0, 0.05) is 17.4 Å². The van der Waals surface area contributed by atoms with Crippen molar-refractivity contribution in [1.29, 1.82) is 0 Å². The van der Waals surface area contributed by atoms with Crippen LogP contribution in [0.4, 0.5) is 0 Å². The van der Waals surface area contributed by atoms with Gasteiger partial charge in [0.1, 0.15) is 6.04 Å². The molecule has 0 aliphatic rings. The number of hydrogen-bond acceptors (Lipinski definition) is 5. The number of sulfone groups is 1. The number of carbonyl (C=O) groups excluding carboxylic acids is 3. The van der Waals surface area contributed by atoms with Crippen LogP contribution < -0.4 is 16.2 Å². The second kappa shape index (κ2) is 9.53. The van der Waals surface area contributed by atoms with Gasteiger partial charge in [-0.2, -0.15) is 0 Å². The SMILES string of the molecule is Cc1ccc(C(=O)NC(C(=O)NNC(=O)c2ccc(S(C)(=O)=O)cc2)C(C)C)cc1. The maximum absolute atomic E-state index is 12.5. The largest absolute Gasteiger partial charge is 0.340 e. The van der Waals surface area contributed by atoms with Crippen LogP contribution in [0.2, 0.25) is 0 Å². The van der Waals surface area contributed by atoms with E-state index in [0.717, 1.165) is 11.8 Å². The summed E-state index contributed by atoms with van der Waals surface area (Å²) in [6.45, 7) is 5.44. The second-order valence-electron chi connectivity index (χ2n) is 7.30. The van der Waals surface area contributed by atoms with Crippen LogP contribution in [0.5, 0.6) is 0 Å². The van der Waals surface area contributed by atoms with E-state index in [4.69, 9.17) is 0 Å². The Morgan fingerprint density at radius 1 is 0.800 bits per heavy atom. The van der Waals surface area contributed by atoms with Gasteiger partial charge >= 0.3 is 0 Å². The molecule has 0 aliphatic carbocycles. The summed E-state index contributed by atoms with van der Waals surface area (Å²) in [5.41, 5.74) is 6.18. The molecular weight excluding hydrogens is 406 g/mol. The Bertz CT molecular complexity index is 1030. The number of hydrogen-bond donors (Lipinski definition) is 3. The minimum atomic E-state index is -3.37. The van der Waals surface area contributed by atoms with Crippen molar-refractivity contribution in [1.82, 2.24) is 16.2 Å². The average Bonchev–Trinajstić information content (AvgIpc) is 2.69. The van der Waals surface area contributed by atoms with Gasteiger partial charge in [-0.3, -0.25) is 25.2 Å². The molecule has 0 radical (unpaired) electrons. The van der Waals surface area contributed by atoms with Crippen LogP contribution in [-0.4, -0.2) is 38.4 Å². The molecule has 0 bridgehead atoms. The molecule has 3 N–H and O–H groups in total. The molecule has 160 valence electrons. The maximum Gasteiger partial charge on any atom is 0.269 e. The van der Waals surface area contributed by atoms with Gasteiger partial charge in [-0.05, 0) is 49.2 Å². The van der Waals surface area contributed by atoms with Crippen LogP contribution in [0.15, 0.2) is 53.4 Å². The topological polar surface area (TPSA) is 121 Å². The molecule has 0 spiro atoms. The van der Waals surface area contributed by atoms with E-state index in [-0.39, 0.29) is 16.4 Å². The van der Waals surface area contributed by atoms with Crippen molar-refractivity contribution in [2.24, 2.45) is 5.92 Å². The number of rotatable bonds is 6. The smallest absolute Gasteiger partial charge is 0.269 e. The highest BCUT2D eigenvalue weighted by molar-refractivity contribution is 7.90. The minimum Gasteiger partial charge on any atom is -0.340 e. The molecule has 0 fully saturated rings. The number of aryl methyl sites for hydroxylation is 1. The summed E-state index contributed by atoms with van der Waals surface area (Å²) in [6, 6.07) is 11.4. The van der Waals surface area contributed by atoms with Gasteiger partial charge in [0.15, 0.2) is 9.84 Å². The fourth-order valence-electron chi connectivity index (χ4n) is 2.59. The van der Waals surface area contributed by atoms with E-state index in [1.807, 2.05) is 6.92 Å². The molecule has 0 aromatic heterocycles. The molecule has 0 aliphatic heterocycles.